The number of fused-ring (bicyclic) bond motifs is 1. The summed E-state index contributed by atoms with van der Waals surface area (Å²) in [5.74, 6) is 2.83. The summed E-state index contributed by atoms with van der Waals surface area (Å²) >= 11 is 0. The molecule has 0 spiro atoms. The number of ketones is 1. The molecule has 0 atom stereocenters. The summed E-state index contributed by atoms with van der Waals surface area (Å²) in [6.07, 6.45) is 9.69. The second-order valence-corrected chi connectivity index (χ2v) is 13.8. The Morgan fingerprint density at radius 3 is 2.10 bits per heavy atom. The molecule has 0 amide bonds. The number of benzene rings is 2. The number of rotatable bonds is 6. The lowest BCUT2D eigenvalue weighted by Crippen LogP contribution is -2.20. The van der Waals surface area contributed by atoms with Crippen molar-refractivity contribution in [2.75, 3.05) is 24.7 Å². The molecule has 1 aliphatic rings. The summed E-state index contributed by atoms with van der Waals surface area (Å²) in [7, 11) is 3.88. The quantitative estimate of drug-likeness (QED) is 0.305. The van der Waals surface area contributed by atoms with E-state index in [1.54, 1.807) is 6.92 Å². The summed E-state index contributed by atoms with van der Waals surface area (Å²) in [6.45, 7) is 16.8. The lowest BCUT2D eigenvalue weighted by Gasteiger charge is -2.30. The number of aromatic nitrogens is 2. The van der Waals surface area contributed by atoms with Gasteiger partial charge in [-0.3, -0.25) is 0 Å². The van der Waals surface area contributed by atoms with E-state index in [2.05, 4.69) is 70.6 Å². The van der Waals surface area contributed by atoms with Gasteiger partial charge in [-0.05, 0) is 59.8 Å². The van der Waals surface area contributed by atoms with Crippen LogP contribution in [0.5, 0.6) is 5.75 Å². The van der Waals surface area contributed by atoms with Crippen LogP contribution in [0.1, 0.15) is 117 Å². The van der Waals surface area contributed by atoms with Crippen LogP contribution < -0.4 is 10.6 Å². The predicted molar refractivity (Wildman–Crippen MR) is 180 cm³/mol. The zero-order valence-corrected chi connectivity index (χ0v) is 28.0. The van der Waals surface area contributed by atoms with Crippen LogP contribution in [0.3, 0.4) is 0 Å². The van der Waals surface area contributed by atoms with Gasteiger partial charge in [0, 0.05) is 31.5 Å². The summed E-state index contributed by atoms with van der Waals surface area (Å²) in [4.78, 5) is 21.5. The molecular weight excluding hydrogens is 520 g/mol. The first-order valence-corrected chi connectivity index (χ1v) is 15.6. The van der Waals surface area contributed by atoms with Crippen molar-refractivity contribution in [1.29, 1.82) is 0 Å². The third-order valence-electron chi connectivity index (χ3n) is 8.27. The highest BCUT2D eigenvalue weighted by molar-refractivity contribution is 5.90. The lowest BCUT2D eigenvalue weighted by molar-refractivity contribution is -0.116. The molecule has 0 bridgehead atoms. The average Bonchev–Trinajstić information content (AvgIpc) is 2.92. The number of nitrogens with zero attached hydrogens (tertiary/aromatic N) is 3. The number of nitrogens with two attached hydrogens (primary N) is 1. The van der Waals surface area contributed by atoms with Gasteiger partial charge in [-0.25, -0.2) is 4.98 Å². The molecule has 1 aliphatic carbocycles. The first-order valence-electron chi connectivity index (χ1n) is 15.6. The summed E-state index contributed by atoms with van der Waals surface area (Å²) < 4.78 is 0. The van der Waals surface area contributed by atoms with E-state index in [4.69, 9.17) is 5.73 Å². The van der Waals surface area contributed by atoms with Crippen LogP contribution in [0, 0.1) is 5.92 Å². The number of phenolic OH excluding ortho intramolecular Hbond substituents is 1. The fourth-order valence-corrected chi connectivity index (χ4v) is 5.16. The van der Waals surface area contributed by atoms with Crippen LogP contribution in [-0.2, 0) is 22.0 Å². The lowest BCUT2D eigenvalue weighted by atomic mass is 9.76. The Kier molecular flexibility index (Phi) is 12.8. The molecule has 6 heteroatoms. The van der Waals surface area contributed by atoms with Gasteiger partial charge in [-0.2, -0.15) is 4.98 Å². The Labute approximate surface area is 255 Å². The van der Waals surface area contributed by atoms with Gasteiger partial charge in [0.1, 0.15) is 17.4 Å². The molecule has 0 aliphatic heterocycles. The second-order valence-electron chi connectivity index (χ2n) is 13.8. The first-order chi connectivity index (χ1) is 19.6. The number of carbonyl (C=O) groups is 1. The van der Waals surface area contributed by atoms with Crippen molar-refractivity contribution in [3.05, 3.63) is 53.1 Å². The van der Waals surface area contributed by atoms with Gasteiger partial charge < -0.3 is 20.5 Å². The monoisotopic (exact) mass is 576 g/mol. The van der Waals surface area contributed by atoms with Crippen LogP contribution in [0.25, 0.3) is 10.9 Å². The molecule has 42 heavy (non-hydrogen) atoms. The number of para-hydroxylation sites is 1. The van der Waals surface area contributed by atoms with Crippen molar-refractivity contribution in [3.63, 3.8) is 0 Å². The maximum absolute atomic E-state index is 11.3. The van der Waals surface area contributed by atoms with Crippen molar-refractivity contribution in [1.82, 2.24) is 9.97 Å². The van der Waals surface area contributed by atoms with Crippen molar-refractivity contribution in [3.8, 4) is 5.75 Å². The zero-order valence-electron chi connectivity index (χ0n) is 28.0. The Morgan fingerprint density at radius 2 is 1.60 bits per heavy atom. The van der Waals surface area contributed by atoms with Gasteiger partial charge in [0.2, 0.25) is 5.95 Å². The molecule has 0 radical (unpaired) electrons. The topological polar surface area (TPSA) is 92.3 Å². The van der Waals surface area contributed by atoms with Crippen LogP contribution >= 0.6 is 0 Å². The number of aryl methyl sites for hydroxylation is 1. The number of anilines is 2. The third-order valence-corrected chi connectivity index (χ3v) is 8.27. The fraction of sp³-hybridized carbons (Fsp3) is 0.583. The van der Waals surface area contributed by atoms with E-state index in [1.165, 1.54) is 32.1 Å². The normalized spacial score (nSPS) is 14.0. The van der Waals surface area contributed by atoms with Crippen molar-refractivity contribution < 1.29 is 9.90 Å². The molecular formula is C36H56N4O2. The Morgan fingerprint density at radius 1 is 1.00 bits per heavy atom. The fourth-order valence-electron chi connectivity index (χ4n) is 5.16. The number of phenols is 1. The molecule has 2 aromatic carbocycles. The van der Waals surface area contributed by atoms with E-state index >= 15 is 0 Å². The number of hydrogen-bond acceptors (Lipinski definition) is 6. The summed E-state index contributed by atoms with van der Waals surface area (Å²) in [5, 5.41) is 11.7. The Balaban J connectivity index is 0.000000249. The Hall–Kier alpha value is -3.15. The van der Waals surface area contributed by atoms with Gasteiger partial charge in [0.15, 0.2) is 0 Å². The SMILES string of the molecule is CC1CCCCC1.CCC(C)(C)c1cc(CCC(C)=O)cc(C(C)(C)C)c1O.CN(C)c1nc(N)nc2ccccc12. The van der Waals surface area contributed by atoms with Crippen LogP contribution in [0.4, 0.5) is 11.8 Å². The molecule has 6 nitrogen and oxygen atoms in total. The van der Waals surface area contributed by atoms with Gasteiger partial charge in [-0.15, -0.1) is 0 Å². The molecule has 232 valence electrons. The van der Waals surface area contributed by atoms with Crippen LogP contribution in [-0.4, -0.2) is 35.0 Å². The van der Waals surface area contributed by atoms with E-state index in [-0.39, 0.29) is 16.6 Å². The molecule has 1 aromatic heterocycles. The second kappa shape index (κ2) is 15.4. The van der Waals surface area contributed by atoms with E-state index in [0.29, 0.717) is 18.1 Å². The standard InChI is InChI=1S/C19H30O2.C10H12N4.C7H14/c1-8-19(6,7)16-12-14(10-9-13(2)20)11-15(17(16)21)18(3,4)5;1-14(2)9-7-5-3-4-6-8(7)12-10(11)13-9;1-7-5-3-2-4-6-7/h11-12,21H,8-10H2,1-7H3;3-6H,1-2H3,(H2,11,12,13);7H,2-6H2,1H3. The highest BCUT2D eigenvalue weighted by Crippen LogP contribution is 2.41. The number of nitrogen functional groups attached to an aromatic ring is 1. The minimum absolute atomic E-state index is 0.0731. The molecule has 4 rings (SSSR count). The number of aromatic hydroxyl groups is 1. The van der Waals surface area contributed by atoms with Gasteiger partial charge in [0.25, 0.3) is 0 Å². The third kappa shape index (κ3) is 10.3. The molecule has 3 N–H and O–H groups in total. The summed E-state index contributed by atoms with van der Waals surface area (Å²) in [5.41, 5.74) is 9.41. The number of carbonyl (C=O) groups excluding carboxylic acids is 1. The van der Waals surface area contributed by atoms with Crippen LogP contribution in [0.15, 0.2) is 36.4 Å². The van der Waals surface area contributed by atoms with E-state index in [0.717, 1.165) is 52.2 Å². The van der Waals surface area contributed by atoms with Gasteiger partial charge in [0.05, 0.1) is 5.52 Å². The molecule has 0 unspecified atom stereocenters. The maximum atomic E-state index is 11.3. The van der Waals surface area contributed by atoms with Crippen molar-refractivity contribution in [2.24, 2.45) is 5.92 Å². The highest BCUT2D eigenvalue weighted by atomic mass is 16.3. The maximum Gasteiger partial charge on any atom is 0.222 e. The minimum atomic E-state index is -0.116. The van der Waals surface area contributed by atoms with Gasteiger partial charge >= 0.3 is 0 Å². The smallest absolute Gasteiger partial charge is 0.222 e. The Bertz CT molecular complexity index is 1300. The average molecular weight is 577 g/mol. The predicted octanol–water partition coefficient (Wildman–Crippen LogP) is 8.76. The largest absolute Gasteiger partial charge is 0.507 e. The van der Waals surface area contributed by atoms with Crippen molar-refractivity contribution >= 4 is 28.5 Å². The summed E-state index contributed by atoms with van der Waals surface area (Å²) in [6, 6.07) is 12.0. The number of Topliss-reactive ketones (excluding diaryl/α,β-unsaturated/α-hetero) is 1. The molecule has 0 saturated heterocycles. The van der Waals surface area contributed by atoms with Crippen LogP contribution in [0.2, 0.25) is 0 Å². The van der Waals surface area contributed by atoms with Crippen molar-refractivity contribution in [2.45, 2.75) is 118 Å². The molecule has 3 aromatic rings. The number of hydrogen-bond donors (Lipinski definition) is 2. The van der Waals surface area contributed by atoms with E-state index in [9.17, 15) is 9.90 Å². The minimum Gasteiger partial charge on any atom is -0.507 e. The van der Waals surface area contributed by atoms with E-state index < -0.39 is 0 Å². The highest BCUT2D eigenvalue weighted by Gasteiger charge is 2.28. The zero-order chi connectivity index (χ0) is 31.7. The van der Waals surface area contributed by atoms with Gasteiger partial charge in [-0.1, -0.05) is 105 Å². The first kappa shape index (κ1) is 35.0. The molecule has 1 saturated carbocycles. The van der Waals surface area contributed by atoms with E-state index in [1.807, 2.05) is 43.3 Å². The molecule has 1 fully saturated rings. The molecule has 1 heterocycles.